The van der Waals surface area contributed by atoms with Crippen molar-refractivity contribution >= 4 is 95.0 Å². The second-order valence-electron chi connectivity index (χ2n) is 28.7. The molecule has 8 aromatic rings. The first kappa shape index (κ1) is 48.1. The van der Waals surface area contributed by atoms with E-state index >= 15 is 0 Å². The first-order valence-corrected chi connectivity index (χ1v) is 30.2. The van der Waals surface area contributed by atoms with Crippen molar-refractivity contribution in [2.45, 2.75) is 178 Å². The second kappa shape index (κ2) is 15.8. The van der Waals surface area contributed by atoms with Gasteiger partial charge in [0.15, 0.2) is 0 Å². The Morgan fingerprint density at radius 3 is 1.48 bits per heavy atom. The zero-order valence-corrected chi connectivity index (χ0v) is 48.5. The largest absolute Gasteiger partial charge is 0.311 e. The summed E-state index contributed by atoms with van der Waals surface area (Å²) in [4.78, 5) is 8.01. The van der Waals surface area contributed by atoms with Gasteiger partial charge >= 0.3 is 0 Å². The molecule has 7 aromatic carbocycles. The first-order chi connectivity index (χ1) is 36.7. The number of thiophene rings is 1. The Kier molecular flexibility index (Phi) is 9.90. The average Bonchev–Trinajstić information content (AvgIpc) is 3.95. The molecule has 1 aromatic heterocycles. The standard InChI is InChI=1S/C72H76BN3S/c1-66(2,3)45-22-24-48(25-23-45)75-59-43-56-55(70(9)32-34-71(56,10)35-33-70)42-58(59)73-63-51-41-54-57(72(11)36-30-69(54,8)31-37-72)44-62(51)77-65(63)76(49-26-27-52-53(38-49)68(6,7)29-28-67(52,4)5)61-40-50(39-60(75)64(61)73)74(46-18-14-12-15-19-46)47-20-16-13-17-21-47/h12-27,38-44H,28-37H2,1-11H3. The number of nitrogens with zero attached hydrogens (tertiary/aromatic N) is 3. The summed E-state index contributed by atoms with van der Waals surface area (Å²) in [6.07, 6.45) is 12.5. The number of para-hydroxylation sites is 2. The summed E-state index contributed by atoms with van der Waals surface area (Å²) in [6, 6.07) is 55.7. The summed E-state index contributed by atoms with van der Waals surface area (Å²) in [5.74, 6) is 0. The van der Waals surface area contributed by atoms with E-state index in [4.69, 9.17) is 0 Å². The minimum Gasteiger partial charge on any atom is -0.311 e. The lowest BCUT2D eigenvalue weighted by atomic mass is 9.33. The van der Waals surface area contributed by atoms with Gasteiger partial charge in [-0.15, -0.1) is 11.3 Å². The van der Waals surface area contributed by atoms with Crippen LogP contribution in [0.3, 0.4) is 0 Å². The van der Waals surface area contributed by atoms with E-state index in [1.165, 1.54) is 141 Å². The Balaban J connectivity index is 1.10. The lowest BCUT2D eigenvalue weighted by molar-refractivity contribution is 0.188. The van der Waals surface area contributed by atoms with Gasteiger partial charge in [0.2, 0.25) is 0 Å². The van der Waals surface area contributed by atoms with Crippen LogP contribution in [0, 0.1) is 0 Å². The summed E-state index contributed by atoms with van der Waals surface area (Å²) in [5.41, 5.74) is 25.9. The summed E-state index contributed by atoms with van der Waals surface area (Å²) < 4.78 is 1.44. The highest BCUT2D eigenvalue weighted by Crippen LogP contribution is 2.61. The number of rotatable bonds is 5. The van der Waals surface area contributed by atoms with Crippen LogP contribution in [0.2, 0.25) is 0 Å². The van der Waals surface area contributed by atoms with Gasteiger partial charge in [0, 0.05) is 44.5 Å². The molecular formula is C72H76BN3S. The predicted molar refractivity (Wildman–Crippen MR) is 331 cm³/mol. The fourth-order valence-corrected chi connectivity index (χ4v) is 17.8. The maximum atomic E-state index is 2.79. The van der Waals surface area contributed by atoms with E-state index in [0.717, 1.165) is 17.1 Å². The third kappa shape index (κ3) is 6.80. The second-order valence-corrected chi connectivity index (χ2v) is 29.7. The Labute approximate surface area is 463 Å². The van der Waals surface area contributed by atoms with E-state index in [0.29, 0.717) is 0 Å². The van der Waals surface area contributed by atoms with Crippen molar-refractivity contribution in [1.29, 1.82) is 0 Å². The number of anilines is 9. The third-order valence-electron chi connectivity index (χ3n) is 21.8. The average molecular weight is 1030 g/mol. The van der Waals surface area contributed by atoms with Crippen molar-refractivity contribution in [2.24, 2.45) is 0 Å². The molecule has 3 nitrogen and oxygen atoms in total. The van der Waals surface area contributed by atoms with Gasteiger partial charge < -0.3 is 14.7 Å². The molecule has 7 aliphatic carbocycles. The minimum atomic E-state index is 0.0217. The summed E-state index contributed by atoms with van der Waals surface area (Å²) in [5, 5.41) is 2.86. The van der Waals surface area contributed by atoms with E-state index in [2.05, 4.69) is 242 Å². The molecule has 17 rings (SSSR count). The molecule has 77 heavy (non-hydrogen) atoms. The Morgan fingerprint density at radius 1 is 0.429 bits per heavy atom. The van der Waals surface area contributed by atoms with Gasteiger partial charge in [0.05, 0.1) is 10.7 Å². The molecule has 2 aliphatic heterocycles. The smallest absolute Gasteiger partial charge is 0.254 e. The number of benzene rings is 7. The lowest BCUT2D eigenvalue weighted by Gasteiger charge is -2.53. The molecule has 2 fully saturated rings. The van der Waals surface area contributed by atoms with Crippen molar-refractivity contribution in [3.05, 3.63) is 178 Å². The minimum absolute atomic E-state index is 0.0217. The zero-order chi connectivity index (χ0) is 53.0. The SMILES string of the molecule is CC(C)(C)c1ccc(N2c3cc4c(cc3B3c5c2cc(N(c2ccccc2)c2ccccc2)cc5N(c2ccc5c(c2)C(C)(C)CCC5(C)C)c2sc5cc6c(cc5c23)C2(C)CCC6(C)CC2)C2(C)CCC4(C)CC2)cc1. The van der Waals surface area contributed by atoms with Crippen molar-refractivity contribution in [1.82, 2.24) is 0 Å². The molecule has 0 saturated heterocycles. The van der Waals surface area contributed by atoms with Crippen molar-refractivity contribution in [3.8, 4) is 0 Å². The maximum absolute atomic E-state index is 2.79. The van der Waals surface area contributed by atoms with E-state index < -0.39 is 0 Å². The predicted octanol–water partition coefficient (Wildman–Crippen LogP) is 18.3. The third-order valence-corrected chi connectivity index (χ3v) is 23.0. The number of fused-ring (bicyclic) bond motifs is 11. The highest BCUT2D eigenvalue weighted by atomic mass is 32.1. The summed E-state index contributed by atoms with van der Waals surface area (Å²) in [6.45, 7) is 27.4. The summed E-state index contributed by atoms with van der Waals surface area (Å²) >= 11 is 2.07. The van der Waals surface area contributed by atoms with Crippen molar-refractivity contribution < 1.29 is 0 Å². The number of hydrogen-bond acceptors (Lipinski definition) is 4. The molecule has 0 atom stereocenters. The molecule has 3 heterocycles. The number of hydrogen-bond donors (Lipinski definition) is 0. The van der Waals surface area contributed by atoms with Crippen LogP contribution < -0.4 is 31.1 Å². The lowest BCUT2D eigenvalue weighted by Crippen LogP contribution is -2.61. The Hall–Kier alpha value is -6.04. The molecule has 5 heteroatoms. The normalized spacial score (nSPS) is 25.7. The van der Waals surface area contributed by atoms with Crippen molar-refractivity contribution in [3.63, 3.8) is 0 Å². The van der Waals surface area contributed by atoms with Crippen LogP contribution in [0.5, 0.6) is 0 Å². The molecule has 9 aliphatic rings. The van der Waals surface area contributed by atoms with Crippen LogP contribution in [0.4, 0.5) is 50.5 Å². The topological polar surface area (TPSA) is 9.72 Å². The van der Waals surface area contributed by atoms with Gasteiger partial charge in [-0.05, 0) is 242 Å². The first-order valence-electron chi connectivity index (χ1n) is 29.4. The van der Waals surface area contributed by atoms with Gasteiger partial charge in [0.25, 0.3) is 6.71 Å². The van der Waals surface area contributed by atoms with E-state index in [9.17, 15) is 0 Å². The van der Waals surface area contributed by atoms with E-state index in [1.807, 2.05) is 0 Å². The van der Waals surface area contributed by atoms with Crippen molar-refractivity contribution in [2.75, 3.05) is 14.7 Å². The van der Waals surface area contributed by atoms with Gasteiger partial charge in [-0.3, -0.25) is 0 Å². The Morgan fingerprint density at radius 2 is 0.922 bits per heavy atom. The maximum Gasteiger partial charge on any atom is 0.254 e. The fraction of sp³-hybridized carbons (Fsp3) is 0.389. The van der Waals surface area contributed by atoms with Gasteiger partial charge in [-0.1, -0.05) is 137 Å². The van der Waals surface area contributed by atoms with Crippen LogP contribution in [0.15, 0.2) is 140 Å². The van der Waals surface area contributed by atoms with Crippen LogP contribution in [0.25, 0.3) is 10.1 Å². The highest BCUT2D eigenvalue weighted by molar-refractivity contribution is 7.26. The van der Waals surface area contributed by atoms with Crippen LogP contribution in [-0.4, -0.2) is 6.71 Å². The van der Waals surface area contributed by atoms with Gasteiger partial charge in [0.1, 0.15) is 0 Å². The van der Waals surface area contributed by atoms with Gasteiger partial charge in [-0.25, -0.2) is 0 Å². The molecule has 0 amide bonds. The molecule has 0 radical (unpaired) electrons. The molecule has 388 valence electrons. The van der Waals surface area contributed by atoms with Crippen LogP contribution in [-0.2, 0) is 37.9 Å². The molecule has 4 bridgehead atoms. The van der Waals surface area contributed by atoms with Gasteiger partial charge in [-0.2, -0.15) is 0 Å². The fourth-order valence-electron chi connectivity index (χ4n) is 16.5. The van der Waals surface area contributed by atoms with Crippen LogP contribution in [0.1, 0.15) is 179 Å². The molecule has 0 N–H and O–H groups in total. The monoisotopic (exact) mass is 1030 g/mol. The molecule has 2 saturated carbocycles. The highest BCUT2D eigenvalue weighted by Gasteiger charge is 2.53. The van der Waals surface area contributed by atoms with Crippen LogP contribution >= 0.6 is 11.3 Å². The molecule has 0 unspecified atom stereocenters. The quantitative estimate of drug-likeness (QED) is 0.159. The van der Waals surface area contributed by atoms with E-state index in [1.54, 1.807) is 22.3 Å². The zero-order valence-electron chi connectivity index (χ0n) is 47.7. The molecular weight excluding hydrogens is 950 g/mol. The molecule has 0 spiro atoms. The summed E-state index contributed by atoms with van der Waals surface area (Å²) in [7, 11) is 0. The Bertz CT molecular complexity index is 3720. The van der Waals surface area contributed by atoms with E-state index in [-0.39, 0.29) is 44.6 Å².